The first-order valence-corrected chi connectivity index (χ1v) is 47.5. The first-order chi connectivity index (χ1) is 50.9. The number of ether oxygens (including phenoxy) is 4. The highest BCUT2D eigenvalue weighted by atomic mass is 31.2. The fourth-order valence-corrected chi connectivity index (χ4v) is 15.0. The predicted molar refractivity (Wildman–Crippen MR) is 432 cm³/mol. The highest BCUT2D eigenvalue weighted by molar-refractivity contribution is 7.47. The van der Waals surface area contributed by atoms with E-state index in [1.807, 2.05) is 0 Å². The topological polar surface area (TPSA) is 237 Å². The molecule has 0 aliphatic rings. The first-order valence-electron chi connectivity index (χ1n) is 44.5. The molecule has 0 aliphatic heterocycles. The lowest BCUT2D eigenvalue weighted by Crippen LogP contribution is -2.30. The lowest BCUT2D eigenvalue weighted by molar-refractivity contribution is -0.161. The molecule has 0 aromatic carbocycles. The Bertz CT molecular complexity index is 2010. The monoisotopic (exact) mass is 1540 g/mol. The largest absolute Gasteiger partial charge is 0.472 e. The Labute approximate surface area is 645 Å². The van der Waals surface area contributed by atoms with Gasteiger partial charge in [0.1, 0.15) is 19.3 Å². The molecule has 19 heteroatoms. The molecule has 6 atom stereocenters. The van der Waals surface area contributed by atoms with Crippen LogP contribution in [0.15, 0.2) is 0 Å². The Hall–Kier alpha value is -1.94. The SMILES string of the molecule is CCCCCCCCCCCCCCCCC(=O)O[C@H](COC(=O)CCCCCCCCCC)COP(=O)(O)OC[C@H](O)COP(=O)(O)OC[C@@H](COC(=O)CCCCCCCCCCCCCCCCCCCCC(C)C)OC(=O)CCCCCCCCCCCCCCCCCCCCC(C)CC. The second-order valence-corrected chi connectivity index (χ2v) is 34.6. The molecule has 3 unspecified atom stereocenters. The second kappa shape index (κ2) is 77.4. The zero-order valence-electron chi connectivity index (χ0n) is 69.0. The van der Waals surface area contributed by atoms with E-state index in [0.29, 0.717) is 25.7 Å². The number of carbonyl (C=O) groups is 4. The van der Waals surface area contributed by atoms with Crippen molar-refractivity contribution >= 4 is 39.5 Å². The van der Waals surface area contributed by atoms with Crippen LogP contribution in [0, 0.1) is 11.8 Å². The molecule has 0 heterocycles. The number of unbranched alkanes of at least 4 members (excludes halogenated alkanes) is 54. The Balaban J connectivity index is 5.17. The van der Waals surface area contributed by atoms with Crippen LogP contribution < -0.4 is 0 Å². The van der Waals surface area contributed by atoms with Crippen molar-refractivity contribution in [2.45, 2.75) is 477 Å². The number of hydrogen-bond donors (Lipinski definition) is 3. The smallest absolute Gasteiger partial charge is 0.462 e. The van der Waals surface area contributed by atoms with Gasteiger partial charge < -0.3 is 33.8 Å². The fraction of sp³-hybridized carbons (Fsp3) is 0.953. The summed E-state index contributed by atoms with van der Waals surface area (Å²) in [6.45, 7) is 9.75. The molecule has 17 nitrogen and oxygen atoms in total. The summed E-state index contributed by atoms with van der Waals surface area (Å²) >= 11 is 0. The van der Waals surface area contributed by atoms with Gasteiger partial charge in [0.15, 0.2) is 12.2 Å². The molecular weight excluding hydrogens is 1370 g/mol. The summed E-state index contributed by atoms with van der Waals surface area (Å²) in [5.41, 5.74) is 0. The molecule has 0 aromatic heterocycles. The van der Waals surface area contributed by atoms with Crippen molar-refractivity contribution in [1.29, 1.82) is 0 Å². The van der Waals surface area contributed by atoms with Gasteiger partial charge in [-0.25, -0.2) is 9.13 Å². The van der Waals surface area contributed by atoms with E-state index < -0.39 is 97.5 Å². The molecule has 0 radical (unpaired) electrons. The van der Waals surface area contributed by atoms with E-state index in [1.165, 1.54) is 270 Å². The minimum Gasteiger partial charge on any atom is -0.462 e. The third-order valence-corrected chi connectivity index (χ3v) is 22.5. The summed E-state index contributed by atoms with van der Waals surface area (Å²) in [5.74, 6) is -0.410. The van der Waals surface area contributed by atoms with E-state index in [2.05, 4.69) is 41.5 Å². The molecule has 0 spiro atoms. The summed E-state index contributed by atoms with van der Waals surface area (Å²) in [7, 11) is -9.92. The van der Waals surface area contributed by atoms with E-state index in [0.717, 1.165) is 108 Å². The summed E-state index contributed by atoms with van der Waals surface area (Å²) in [4.78, 5) is 73.1. The molecule has 0 aliphatic carbocycles. The normalized spacial score (nSPS) is 14.1. The van der Waals surface area contributed by atoms with Gasteiger partial charge in [-0.2, -0.15) is 0 Å². The van der Waals surface area contributed by atoms with Gasteiger partial charge in [0, 0.05) is 25.7 Å². The minimum atomic E-state index is -4.96. The zero-order chi connectivity index (χ0) is 77.1. The average molecular weight is 1540 g/mol. The highest BCUT2D eigenvalue weighted by Crippen LogP contribution is 2.45. The maximum absolute atomic E-state index is 13.1. The van der Waals surface area contributed by atoms with Crippen molar-refractivity contribution in [2.75, 3.05) is 39.6 Å². The van der Waals surface area contributed by atoms with Gasteiger partial charge in [-0.1, -0.05) is 408 Å². The maximum atomic E-state index is 13.1. The fourth-order valence-electron chi connectivity index (χ4n) is 13.4. The van der Waals surface area contributed by atoms with Crippen LogP contribution in [-0.4, -0.2) is 96.7 Å². The molecule has 0 bridgehead atoms. The van der Waals surface area contributed by atoms with Gasteiger partial charge in [-0.05, 0) is 37.5 Å². The number of aliphatic hydroxyl groups excluding tert-OH is 1. The summed E-state index contributed by atoms with van der Waals surface area (Å²) in [6, 6.07) is 0. The number of aliphatic hydroxyl groups is 1. The number of phosphoric acid groups is 2. The molecular formula is C86H168O17P2. The van der Waals surface area contributed by atoms with Crippen LogP contribution in [0.5, 0.6) is 0 Å². The Morgan fingerprint density at radius 2 is 0.486 bits per heavy atom. The van der Waals surface area contributed by atoms with E-state index in [-0.39, 0.29) is 25.7 Å². The Morgan fingerprint density at radius 3 is 0.724 bits per heavy atom. The van der Waals surface area contributed by atoms with Crippen LogP contribution in [-0.2, 0) is 65.4 Å². The van der Waals surface area contributed by atoms with Crippen molar-refractivity contribution in [3.63, 3.8) is 0 Å². The number of hydrogen-bond acceptors (Lipinski definition) is 15. The first kappa shape index (κ1) is 103. The third-order valence-electron chi connectivity index (χ3n) is 20.6. The van der Waals surface area contributed by atoms with E-state index in [9.17, 15) is 43.2 Å². The van der Waals surface area contributed by atoms with E-state index in [1.54, 1.807) is 0 Å². The quantitative estimate of drug-likeness (QED) is 0.0222. The standard InChI is InChI=1S/C86H168O17P2/c1-7-10-12-14-16-18-19-20-35-41-46-52-58-64-70-85(90)102-81(74-96-83(88)68-62-56-50-17-15-13-11-8-2)76-100-104(92,93)98-72-80(87)73-99-105(94,95)101-77-82(75-97-84(89)69-63-57-51-45-40-36-31-27-23-21-25-29-33-38-43-48-54-60-66-78(4)5)103-86(91)71-65-59-53-47-42-37-32-28-24-22-26-30-34-39-44-49-55-61-67-79(6)9-3/h78-82,87H,7-77H2,1-6H3,(H,92,93)(H,94,95)/t79?,80-,81+,82+/m0/s1. The Kier molecular flexibility index (Phi) is 76.0. The van der Waals surface area contributed by atoms with Crippen LogP contribution in [0.4, 0.5) is 0 Å². The zero-order valence-corrected chi connectivity index (χ0v) is 70.8. The van der Waals surface area contributed by atoms with Crippen LogP contribution in [0.25, 0.3) is 0 Å². The molecule has 3 N–H and O–H groups in total. The van der Waals surface area contributed by atoms with Crippen molar-refractivity contribution < 1.29 is 80.2 Å². The molecule has 0 rings (SSSR count). The van der Waals surface area contributed by atoms with Gasteiger partial charge in [0.25, 0.3) is 0 Å². The van der Waals surface area contributed by atoms with Crippen molar-refractivity contribution in [3.05, 3.63) is 0 Å². The van der Waals surface area contributed by atoms with Gasteiger partial charge in [0.05, 0.1) is 26.4 Å². The lowest BCUT2D eigenvalue weighted by Gasteiger charge is -2.21. The molecule has 0 saturated heterocycles. The Morgan fingerprint density at radius 1 is 0.276 bits per heavy atom. The molecule has 0 fully saturated rings. The number of phosphoric ester groups is 2. The maximum Gasteiger partial charge on any atom is 0.472 e. The van der Waals surface area contributed by atoms with E-state index in [4.69, 9.17) is 37.0 Å². The van der Waals surface area contributed by atoms with Crippen LogP contribution in [0.2, 0.25) is 0 Å². The summed E-state index contributed by atoms with van der Waals surface area (Å²) in [5, 5.41) is 10.7. The van der Waals surface area contributed by atoms with Crippen molar-refractivity contribution in [3.8, 4) is 0 Å². The molecule has 0 saturated carbocycles. The third kappa shape index (κ3) is 78.5. The van der Waals surface area contributed by atoms with Crippen molar-refractivity contribution in [1.82, 2.24) is 0 Å². The molecule has 0 aromatic rings. The van der Waals surface area contributed by atoms with Gasteiger partial charge >= 0.3 is 39.5 Å². The highest BCUT2D eigenvalue weighted by Gasteiger charge is 2.30. The molecule has 624 valence electrons. The van der Waals surface area contributed by atoms with Crippen LogP contribution in [0.3, 0.4) is 0 Å². The number of rotatable bonds is 85. The van der Waals surface area contributed by atoms with E-state index >= 15 is 0 Å². The summed E-state index contributed by atoms with van der Waals surface area (Å²) in [6.07, 6.45) is 69.5. The summed E-state index contributed by atoms with van der Waals surface area (Å²) < 4.78 is 68.8. The van der Waals surface area contributed by atoms with Crippen LogP contribution in [0.1, 0.15) is 459 Å². The molecule has 105 heavy (non-hydrogen) atoms. The number of esters is 4. The van der Waals surface area contributed by atoms with Gasteiger partial charge in [-0.15, -0.1) is 0 Å². The predicted octanol–water partition coefficient (Wildman–Crippen LogP) is 26.2. The number of carbonyl (C=O) groups excluding carboxylic acids is 4. The second-order valence-electron chi connectivity index (χ2n) is 31.6. The van der Waals surface area contributed by atoms with Gasteiger partial charge in [-0.3, -0.25) is 37.3 Å². The minimum absolute atomic E-state index is 0.108. The average Bonchev–Trinajstić information content (AvgIpc) is 0.908. The lowest BCUT2D eigenvalue weighted by atomic mass is 9.99. The van der Waals surface area contributed by atoms with Gasteiger partial charge in [0.2, 0.25) is 0 Å². The van der Waals surface area contributed by atoms with Crippen LogP contribution >= 0.6 is 15.6 Å². The van der Waals surface area contributed by atoms with Crippen molar-refractivity contribution in [2.24, 2.45) is 11.8 Å². The molecule has 0 amide bonds.